The third-order valence-electron chi connectivity index (χ3n) is 4.55. The number of likely N-dealkylation sites (tertiary alicyclic amines) is 1. The van der Waals surface area contributed by atoms with Crippen LogP contribution >= 0.6 is 15.9 Å². The quantitative estimate of drug-likeness (QED) is 0.879. The summed E-state index contributed by atoms with van der Waals surface area (Å²) in [5.41, 5.74) is 2.09. The Morgan fingerprint density at radius 1 is 1.38 bits per heavy atom. The van der Waals surface area contributed by atoms with Gasteiger partial charge in [-0.1, -0.05) is 22.9 Å². The lowest BCUT2D eigenvalue weighted by Crippen LogP contribution is -2.46. The molecule has 21 heavy (non-hydrogen) atoms. The predicted molar refractivity (Wildman–Crippen MR) is 91.6 cm³/mol. The number of carbonyl (C=O) groups is 1. The molecule has 3 nitrogen and oxygen atoms in total. The molecule has 1 amide bonds. The Morgan fingerprint density at radius 3 is 2.57 bits per heavy atom. The van der Waals surface area contributed by atoms with Gasteiger partial charge in [-0.15, -0.1) is 0 Å². The molecule has 3 unspecified atom stereocenters. The molecular weight excluding hydrogens is 328 g/mol. The molecule has 4 heteroatoms. The molecule has 1 aromatic rings. The molecule has 1 aliphatic rings. The number of nitrogens with one attached hydrogen (secondary N) is 1. The predicted octanol–water partition coefficient (Wildman–Crippen LogP) is 4.21. The molecule has 1 saturated heterocycles. The maximum atomic E-state index is 12.6. The number of amides is 1. The van der Waals surface area contributed by atoms with Crippen molar-refractivity contribution in [1.82, 2.24) is 4.90 Å². The number of rotatable bonds is 4. The topological polar surface area (TPSA) is 32.3 Å². The van der Waals surface area contributed by atoms with Gasteiger partial charge in [-0.2, -0.15) is 0 Å². The molecule has 3 atom stereocenters. The van der Waals surface area contributed by atoms with E-state index in [9.17, 15) is 4.79 Å². The molecule has 1 N–H and O–H groups in total. The molecule has 1 heterocycles. The number of halogens is 1. The maximum Gasteiger partial charge on any atom is 0.241 e. The minimum absolute atomic E-state index is 0.0904. The zero-order chi connectivity index (χ0) is 15.6. The molecule has 0 bridgehead atoms. The second-order valence-corrected chi connectivity index (χ2v) is 6.96. The van der Waals surface area contributed by atoms with Gasteiger partial charge in [0, 0.05) is 22.2 Å². The van der Waals surface area contributed by atoms with Crippen LogP contribution in [0, 0.1) is 0 Å². The van der Waals surface area contributed by atoms with Crippen molar-refractivity contribution in [2.45, 2.75) is 65.1 Å². The van der Waals surface area contributed by atoms with E-state index in [0.717, 1.165) is 22.1 Å². The first-order chi connectivity index (χ1) is 9.93. The number of carbonyl (C=O) groups excluding carboxylic acids is 1. The monoisotopic (exact) mass is 352 g/mol. The second kappa shape index (κ2) is 6.93. The highest BCUT2D eigenvalue weighted by Crippen LogP contribution is 2.27. The van der Waals surface area contributed by atoms with E-state index in [4.69, 9.17) is 0 Å². The number of hydrogen-bond donors (Lipinski definition) is 1. The summed E-state index contributed by atoms with van der Waals surface area (Å²) < 4.78 is 1.05. The van der Waals surface area contributed by atoms with Crippen LogP contribution in [-0.2, 0) is 11.2 Å². The third kappa shape index (κ3) is 3.67. The van der Waals surface area contributed by atoms with E-state index in [0.29, 0.717) is 12.1 Å². The molecule has 0 radical (unpaired) electrons. The van der Waals surface area contributed by atoms with E-state index in [1.54, 1.807) is 0 Å². The van der Waals surface area contributed by atoms with Crippen molar-refractivity contribution < 1.29 is 4.79 Å². The highest BCUT2D eigenvalue weighted by molar-refractivity contribution is 9.10. The molecule has 0 aliphatic carbocycles. The third-order valence-corrected chi connectivity index (χ3v) is 5.05. The van der Waals surface area contributed by atoms with Crippen molar-refractivity contribution in [2.24, 2.45) is 0 Å². The van der Waals surface area contributed by atoms with Crippen LogP contribution in [0.15, 0.2) is 22.7 Å². The van der Waals surface area contributed by atoms with Crippen LogP contribution in [0.25, 0.3) is 0 Å². The van der Waals surface area contributed by atoms with Crippen molar-refractivity contribution >= 4 is 27.5 Å². The van der Waals surface area contributed by atoms with E-state index < -0.39 is 0 Å². The largest absolute Gasteiger partial charge is 0.324 e. The highest BCUT2D eigenvalue weighted by atomic mass is 79.9. The summed E-state index contributed by atoms with van der Waals surface area (Å²) in [6.45, 7) is 8.54. The van der Waals surface area contributed by atoms with Gasteiger partial charge in [-0.05, 0) is 63.8 Å². The molecule has 1 fully saturated rings. The van der Waals surface area contributed by atoms with Gasteiger partial charge in [0.15, 0.2) is 0 Å². The number of anilines is 1. The number of hydrogen-bond acceptors (Lipinski definition) is 2. The smallest absolute Gasteiger partial charge is 0.241 e. The first kappa shape index (κ1) is 16.5. The first-order valence-electron chi connectivity index (χ1n) is 7.80. The number of aryl methyl sites for hydroxylation is 1. The Hall–Kier alpha value is -0.870. The summed E-state index contributed by atoms with van der Waals surface area (Å²) in [5, 5.41) is 3.10. The number of nitrogens with zero attached hydrogens (tertiary/aromatic N) is 1. The standard InChI is InChI=1S/C17H25BrN2O/c1-5-14-10-15(18)8-9-16(14)19-17(21)13(4)20-11(2)6-7-12(20)3/h8-13H,5-7H2,1-4H3,(H,19,21). The molecule has 2 rings (SSSR count). The molecule has 0 spiro atoms. The van der Waals surface area contributed by atoms with Crippen molar-refractivity contribution in [2.75, 3.05) is 5.32 Å². The lowest BCUT2D eigenvalue weighted by atomic mass is 10.1. The Kier molecular flexibility index (Phi) is 5.44. The Morgan fingerprint density at radius 2 is 2.00 bits per heavy atom. The summed E-state index contributed by atoms with van der Waals surface area (Å²) in [7, 11) is 0. The van der Waals surface area contributed by atoms with Crippen LogP contribution in [0.3, 0.4) is 0 Å². The molecule has 0 saturated carbocycles. The SMILES string of the molecule is CCc1cc(Br)ccc1NC(=O)C(C)N1C(C)CCC1C. The molecule has 1 aliphatic heterocycles. The van der Waals surface area contributed by atoms with Gasteiger partial charge in [-0.25, -0.2) is 0 Å². The van der Waals surface area contributed by atoms with Crippen LogP contribution in [0.2, 0.25) is 0 Å². The fourth-order valence-electron chi connectivity index (χ4n) is 3.33. The van der Waals surface area contributed by atoms with Crippen molar-refractivity contribution in [1.29, 1.82) is 0 Å². The summed E-state index contributed by atoms with van der Waals surface area (Å²) in [5.74, 6) is 0.0904. The molecule has 0 aromatic heterocycles. The lowest BCUT2D eigenvalue weighted by molar-refractivity contribution is -0.121. The summed E-state index contributed by atoms with van der Waals surface area (Å²) >= 11 is 3.48. The van der Waals surface area contributed by atoms with Gasteiger partial charge in [0.1, 0.15) is 0 Å². The average molecular weight is 353 g/mol. The van der Waals surface area contributed by atoms with Gasteiger partial charge in [0.05, 0.1) is 6.04 Å². The highest BCUT2D eigenvalue weighted by Gasteiger charge is 2.34. The van der Waals surface area contributed by atoms with Crippen molar-refractivity contribution in [3.63, 3.8) is 0 Å². The van der Waals surface area contributed by atoms with E-state index >= 15 is 0 Å². The Bertz CT molecular complexity index is 508. The fourth-order valence-corrected chi connectivity index (χ4v) is 3.74. The summed E-state index contributed by atoms with van der Waals surface area (Å²) in [6.07, 6.45) is 3.26. The van der Waals surface area contributed by atoms with Gasteiger partial charge in [-0.3, -0.25) is 9.69 Å². The summed E-state index contributed by atoms with van der Waals surface area (Å²) in [6, 6.07) is 6.89. The van der Waals surface area contributed by atoms with E-state index in [-0.39, 0.29) is 11.9 Å². The normalized spacial score (nSPS) is 24.0. The minimum Gasteiger partial charge on any atom is -0.324 e. The first-order valence-corrected chi connectivity index (χ1v) is 8.60. The van der Waals surface area contributed by atoms with E-state index in [1.807, 2.05) is 19.1 Å². The second-order valence-electron chi connectivity index (χ2n) is 6.04. The minimum atomic E-state index is -0.0918. The Labute approximate surface area is 136 Å². The Balaban J connectivity index is 2.11. The fraction of sp³-hybridized carbons (Fsp3) is 0.588. The maximum absolute atomic E-state index is 12.6. The molecule has 1 aromatic carbocycles. The zero-order valence-corrected chi connectivity index (χ0v) is 14.9. The van der Waals surface area contributed by atoms with Gasteiger partial charge in [0.25, 0.3) is 0 Å². The van der Waals surface area contributed by atoms with Gasteiger partial charge in [0.2, 0.25) is 5.91 Å². The molecule has 116 valence electrons. The van der Waals surface area contributed by atoms with Crippen LogP contribution in [0.4, 0.5) is 5.69 Å². The number of benzene rings is 1. The average Bonchev–Trinajstić information content (AvgIpc) is 2.79. The molecular formula is C17H25BrN2O. The van der Waals surface area contributed by atoms with E-state index in [1.165, 1.54) is 12.8 Å². The van der Waals surface area contributed by atoms with Gasteiger partial charge < -0.3 is 5.32 Å². The van der Waals surface area contributed by atoms with Crippen molar-refractivity contribution in [3.05, 3.63) is 28.2 Å². The van der Waals surface area contributed by atoms with Crippen LogP contribution in [0.1, 0.15) is 46.1 Å². The van der Waals surface area contributed by atoms with Crippen LogP contribution in [-0.4, -0.2) is 28.9 Å². The van der Waals surface area contributed by atoms with Crippen LogP contribution in [0.5, 0.6) is 0 Å². The summed E-state index contributed by atoms with van der Waals surface area (Å²) in [4.78, 5) is 14.9. The van der Waals surface area contributed by atoms with Crippen LogP contribution < -0.4 is 5.32 Å². The van der Waals surface area contributed by atoms with Gasteiger partial charge >= 0.3 is 0 Å². The van der Waals surface area contributed by atoms with E-state index in [2.05, 4.69) is 53.0 Å². The lowest BCUT2D eigenvalue weighted by Gasteiger charge is -2.31. The zero-order valence-electron chi connectivity index (χ0n) is 13.3. The van der Waals surface area contributed by atoms with Crippen molar-refractivity contribution in [3.8, 4) is 0 Å².